The first kappa shape index (κ1) is 17.5. The number of nitrogens with one attached hydrogen (secondary N) is 1. The average molecular weight is 317 g/mol. The van der Waals surface area contributed by atoms with Crippen molar-refractivity contribution in [1.82, 2.24) is 0 Å². The van der Waals surface area contributed by atoms with E-state index in [1.54, 1.807) is 12.1 Å². The van der Waals surface area contributed by atoms with Gasteiger partial charge in [-0.25, -0.2) is 4.79 Å². The topological polar surface area (TPSA) is 66.4 Å². The number of hydrogen-bond acceptors (Lipinski definition) is 2. The lowest BCUT2D eigenvalue weighted by Gasteiger charge is -2.06. The number of anilines is 1. The number of benzene rings is 1. The summed E-state index contributed by atoms with van der Waals surface area (Å²) in [6.07, 6.45) is 9.82. The third kappa shape index (κ3) is 5.70. The molecular formula is C19H27NO3. The molecule has 2 atom stereocenters. The lowest BCUT2D eigenvalue weighted by Crippen LogP contribution is -2.15. The van der Waals surface area contributed by atoms with E-state index >= 15 is 0 Å². The Morgan fingerprint density at radius 3 is 2.65 bits per heavy atom. The van der Waals surface area contributed by atoms with E-state index in [-0.39, 0.29) is 17.4 Å². The van der Waals surface area contributed by atoms with Crippen LogP contribution in [0.15, 0.2) is 24.3 Å². The molecule has 0 radical (unpaired) electrons. The Labute approximate surface area is 138 Å². The number of carboxylic acid groups (broad SMARTS) is 1. The van der Waals surface area contributed by atoms with Gasteiger partial charge in [-0.3, -0.25) is 4.79 Å². The zero-order valence-corrected chi connectivity index (χ0v) is 13.9. The Balaban J connectivity index is 1.68. The maximum Gasteiger partial charge on any atom is 0.335 e. The van der Waals surface area contributed by atoms with E-state index < -0.39 is 5.97 Å². The molecule has 2 rings (SSSR count). The molecule has 126 valence electrons. The molecule has 2 unspecified atom stereocenters. The Hall–Kier alpha value is -1.84. The number of hydrogen-bond donors (Lipinski definition) is 2. The fraction of sp³-hybridized carbons (Fsp3) is 0.579. The molecule has 4 nitrogen and oxygen atoms in total. The van der Waals surface area contributed by atoms with Gasteiger partial charge in [0.05, 0.1) is 5.56 Å². The van der Waals surface area contributed by atoms with Gasteiger partial charge in [0.1, 0.15) is 0 Å². The minimum atomic E-state index is -0.978. The number of amides is 1. The smallest absolute Gasteiger partial charge is 0.335 e. The molecule has 1 aromatic rings. The molecule has 0 bridgehead atoms. The number of unbranched alkanes of at least 4 members (excludes halogenated alkanes) is 5. The van der Waals surface area contributed by atoms with Crippen LogP contribution >= 0.6 is 0 Å². The average Bonchev–Trinajstić information content (AvgIpc) is 3.31. The second-order valence-electron chi connectivity index (χ2n) is 6.53. The third-order valence-electron chi connectivity index (χ3n) is 4.56. The molecule has 1 aromatic carbocycles. The summed E-state index contributed by atoms with van der Waals surface area (Å²) >= 11 is 0. The number of carbonyl (C=O) groups is 2. The first-order valence-corrected chi connectivity index (χ1v) is 8.76. The van der Waals surface area contributed by atoms with Crippen molar-refractivity contribution in [1.29, 1.82) is 0 Å². The summed E-state index contributed by atoms with van der Waals surface area (Å²) in [5.41, 5.74) is 0.766. The Morgan fingerprint density at radius 1 is 1.17 bits per heavy atom. The van der Waals surface area contributed by atoms with E-state index in [1.165, 1.54) is 50.7 Å². The van der Waals surface area contributed by atoms with Crippen molar-refractivity contribution in [2.45, 2.75) is 58.3 Å². The number of carboxylic acids is 1. The number of rotatable bonds is 10. The zero-order chi connectivity index (χ0) is 16.7. The molecule has 1 saturated carbocycles. The van der Waals surface area contributed by atoms with Gasteiger partial charge in [-0.1, -0.05) is 51.5 Å². The van der Waals surface area contributed by atoms with E-state index in [4.69, 9.17) is 5.11 Å². The summed E-state index contributed by atoms with van der Waals surface area (Å²) in [5.74, 6) is -0.319. The number of aromatic carboxylic acids is 1. The Bertz CT molecular complexity index is 541. The first-order chi connectivity index (χ1) is 11.1. The van der Waals surface area contributed by atoms with Crippen LogP contribution in [0.5, 0.6) is 0 Å². The molecule has 0 saturated heterocycles. The molecule has 1 fully saturated rings. The molecular weight excluding hydrogens is 290 g/mol. The molecule has 0 aromatic heterocycles. The summed E-state index contributed by atoms with van der Waals surface area (Å²) < 4.78 is 0. The van der Waals surface area contributed by atoms with Gasteiger partial charge in [0, 0.05) is 11.6 Å². The van der Waals surface area contributed by atoms with Crippen molar-refractivity contribution in [2.24, 2.45) is 11.8 Å². The lowest BCUT2D eigenvalue weighted by molar-refractivity contribution is -0.117. The summed E-state index contributed by atoms with van der Waals surface area (Å²) in [5, 5.41) is 11.8. The predicted octanol–water partition coefficient (Wildman–Crippen LogP) is 4.71. The molecule has 4 heteroatoms. The van der Waals surface area contributed by atoms with Gasteiger partial charge in [0.2, 0.25) is 5.91 Å². The molecule has 1 aliphatic carbocycles. The lowest BCUT2D eigenvalue weighted by atomic mass is 10.1. The second-order valence-corrected chi connectivity index (χ2v) is 6.53. The van der Waals surface area contributed by atoms with Crippen molar-refractivity contribution < 1.29 is 14.7 Å². The van der Waals surface area contributed by atoms with Gasteiger partial charge in [0.15, 0.2) is 0 Å². The standard InChI is InChI=1S/C19H27NO3/c1-2-3-4-5-6-7-9-14-13-17(14)18(21)20-16-11-8-10-15(12-16)19(22)23/h8,10-12,14,17H,2-7,9,13H2,1H3,(H,20,21)(H,22,23). The minimum absolute atomic E-state index is 0.0310. The van der Waals surface area contributed by atoms with E-state index in [9.17, 15) is 9.59 Å². The molecule has 0 spiro atoms. The minimum Gasteiger partial charge on any atom is -0.478 e. The van der Waals surface area contributed by atoms with Crippen LogP contribution in [-0.4, -0.2) is 17.0 Å². The van der Waals surface area contributed by atoms with Crippen LogP contribution in [0.4, 0.5) is 5.69 Å². The van der Waals surface area contributed by atoms with Crippen LogP contribution in [0.1, 0.15) is 68.6 Å². The van der Waals surface area contributed by atoms with Gasteiger partial charge >= 0.3 is 5.97 Å². The molecule has 0 heterocycles. The van der Waals surface area contributed by atoms with Crippen molar-refractivity contribution in [3.63, 3.8) is 0 Å². The fourth-order valence-electron chi connectivity index (χ4n) is 3.04. The highest BCUT2D eigenvalue weighted by Gasteiger charge is 2.42. The maximum atomic E-state index is 12.2. The largest absolute Gasteiger partial charge is 0.478 e. The van der Waals surface area contributed by atoms with E-state index in [0.717, 1.165) is 12.8 Å². The predicted molar refractivity (Wildman–Crippen MR) is 91.6 cm³/mol. The van der Waals surface area contributed by atoms with Crippen LogP contribution in [0, 0.1) is 11.8 Å². The third-order valence-corrected chi connectivity index (χ3v) is 4.56. The molecule has 1 aliphatic rings. The highest BCUT2D eigenvalue weighted by atomic mass is 16.4. The SMILES string of the molecule is CCCCCCCCC1CC1C(=O)Nc1cccc(C(=O)O)c1. The molecule has 2 N–H and O–H groups in total. The van der Waals surface area contributed by atoms with Crippen molar-refractivity contribution in [3.8, 4) is 0 Å². The van der Waals surface area contributed by atoms with Gasteiger partial charge in [-0.05, 0) is 37.0 Å². The van der Waals surface area contributed by atoms with Gasteiger partial charge < -0.3 is 10.4 Å². The summed E-state index contributed by atoms with van der Waals surface area (Å²) in [7, 11) is 0. The van der Waals surface area contributed by atoms with Gasteiger partial charge in [-0.15, -0.1) is 0 Å². The van der Waals surface area contributed by atoms with E-state index in [2.05, 4.69) is 12.2 Å². The quantitative estimate of drug-likeness (QED) is 0.614. The molecule has 0 aliphatic heterocycles. The van der Waals surface area contributed by atoms with Crippen LogP contribution in [0.25, 0.3) is 0 Å². The maximum absolute atomic E-state index is 12.2. The highest BCUT2D eigenvalue weighted by Crippen LogP contribution is 2.43. The van der Waals surface area contributed by atoms with Crippen LogP contribution in [-0.2, 0) is 4.79 Å². The van der Waals surface area contributed by atoms with Gasteiger partial charge in [0.25, 0.3) is 0 Å². The van der Waals surface area contributed by atoms with E-state index in [1.807, 2.05) is 0 Å². The highest BCUT2D eigenvalue weighted by molar-refractivity contribution is 5.96. The molecule has 23 heavy (non-hydrogen) atoms. The van der Waals surface area contributed by atoms with Crippen LogP contribution in [0.3, 0.4) is 0 Å². The zero-order valence-electron chi connectivity index (χ0n) is 13.9. The Kier molecular flexibility index (Phi) is 6.63. The summed E-state index contributed by atoms with van der Waals surface area (Å²) in [6.45, 7) is 2.22. The van der Waals surface area contributed by atoms with Crippen LogP contribution < -0.4 is 5.32 Å². The molecule has 1 amide bonds. The Morgan fingerprint density at radius 2 is 1.91 bits per heavy atom. The first-order valence-electron chi connectivity index (χ1n) is 8.76. The normalized spacial score (nSPS) is 19.3. The van der Waals surface area contributed by atoms with Gasteiger partial charge in [-0.2, -0.15) is 0 Å². The monoisotopic (exact) mass is 317 g/mol. The fourth-order valence-corrected chi connectivity index (χ4v) is 3.04. The second kappa shape index (κ2) is 8.70. The summed E-state index contributed by atoms with van der Waals surface area (Å²) in [6, 6.07) is 6.41. The van der Waals surface area contributed by atoms with Crippen molar-refractivity contribution >= 4 is 17.6 Å². The van der Waals surface area contributed by atoms with Crippen molar-refractivity contribution in [3.05, 3.63) is 29.8 Å². The van der Waals surface area contributed by atoms with Crippen LogP contribution in [0.2, 0.25) is 0 Å². The number of carbonyl (C=O) groups excluding carboxylic acids is 1. The van der Waals surface area contributed by atoms with Crippen molar-refractivity contribution in [2.75, 3.05) is 5.32 Å². The van der Waals surface area contributed by atoms with E-state index in [0.29, 0.717) is 11.6 Å². The summed E-state index contributed by atoms with van der Waals surface area (Å²) in [4.78, 5) is 23.1.